The van der Waals surface area contributed by atoms with Gasteiger partial charge in [-0.15, -0.1) is 0 Å². The van der Waals surface area contributed by atoms with Gasteiger partial charge in [-0.2, -0.15) is 0 Å². The summed E-state index contributed by atoms with van der Waals surface area (Å²) in [7, 11) is 0. The molecule has 0 saturated carbocycles. The molecule has 1 aliphatic rings. The fraction of sp³-hybridized carbons (Fsp3) is 0.261. The Bertz CT molecular complexity index is 986. The van der Waals surface area contributed by atoms with Crippen LogP contribution in [0.2, 0.25) is 0 Å². The first-order valence-electron chi connectivity index (χ1n) is 9.75. The molecule has 1 atom stereocenters. The van der Waals surface area contributed by atoms with Gasteiger partial charge in [-0.1, -0.05) is 60.3 Å². The SMILES string of the molecule is CCOC(=O)C1=C(C)NC(SCC(=O)Nc2ccccc2C)=N[C@H]1c1ccccc1. The molecule has 7 heteroatoms. The van der Waals surface area contributed by atoms with E-state index in [2.05, 4.69) is 10.6 Å². The van der Waals surface area contributed by atoms with E-state index in [1.165, 1.54) is 11.8 Å². The van der Waals surface area contributed by atoms with Crippen molar-refractivity contribution in [2.45, 2.75) is 26.8 Å². The molecule has 0 radical (unpaired) electrons. The fourth-order valence-corrected chi connectivity index (χ4v) is 3.85. The summed E-state index contributed by atoms with van der Waals surface area (Å²) in [4.78, 5) is 29.7. The van der Waals surface area contributed by atoms with Crippen molar-refractivity contribution in [2.75, 3.05) is 17.7 Å². The van der Waals surface area contributed by atoms with Crippen molar-refractivity contribution in [1.82, 2.24) is 5.32 Å². The molecule has 0 bridgehead atoms. The van der Waals surface area contributed by atoms with Gasteiger partial charge in [-0.05, 0) is 38.0 Å². The smallest absolute Gasteiger partial charge is 0.338 e. The predicted molar refractivity (Wildman–Crippen MR) is 121 cm³/mol. The van der Waals surface area contributed by atoms with E-state index in [-0.39, 0.29) is 17.6 Å². The number of hydrogen-bond donors (Lipinski definition) is 2. The second kappa shape index (κ2) is 10.1. The highest BCUT2D eigenvalue weighted by atomic mass is 32.2. The van der Waals surface area contributed by atoms with Gasteiger partial charge in [0.15, 0.2) is 5.17 Å². The number of carbonyl (C=O) groups is 2. The molecule has 2 N–H and O–H groups in total. The van der Waals surface area contributed by atoms with Gasteiger partial charge in [0.05, 0.1) is 17.9 Å². The van der Waals surface area contributed by atoms with Gasteiger partial charge in [0.1, 0.15) is 6.04 Å². The van der Waals surface area contributed by atoms with Crippen molar-refractivity contribution in [3.05, 3.63) is 77.0 Å². The first-order valence-corrected chi connectivity index (χ1v) is 10.7. The maximum absolute atomic E-state index is 12.5. The summed E-state index contributed by atoms with van der Waals surface area (Å²) < 4.78 is 5.24. The van der Waals surface area contributed by atoms with E-state index < -0.39 is 6.04 Å². The lowest BCUT2D eigenvalue weighted by Crippen LogP contribution is -2.31. The Morgan fingerprint density at radius 1 is 1.10 bits per heavy atom. The van der Waals surface area contributed by atoms with Crippen LogP contribution in [0.15, 0.2) is 70.9 Å². The highest BCUT2D eigenvalue weighted by Gasteiger charge is 2.30. The number of ether oxygens (including phenoxy) is 1. The molecular weight excluding hydrogens is 398 g/mol. The van der Waals surface area contributed by atoms with E-state index in [0.717, 1.165) is 16.8 Å². The molecule has 1 heterocycles. The summed E-state index contributed by atoms with van der Waals surface area (Å²) in [6, 6.07) is 16.8. The molecular formula is C23H25N3O3S. The molecule has 6 nitrogen and oxygen atoms in total. The van der Waals surface area contributed by atoms with Crippen LogP contribution >= 0.6 is 11.8 Å². The minimum atomic E-state index is -0.478. The summed E-state index contributed by atoms with van der Waals surface area (Å²) in [6.07, 6.45) is 0. The summed E-state index contributed by atoms with van der Waals surface area (Å²) in [5.41, 5.74) is 3.86. The third kappa shape index (κ3) is 5.30. The van der Waals surface area contributed by atoms with Gasteiger partial charge >= 0.3 is 5.97 Å². The Morgan fingerprint density at radius 2 is 1.80 bits per heavy atom. The quantitative estimate of drug-likeness (QED) is 0.681. The lowest BCUT2D eigenvalue weighted by atomic mass is 9.97. The highest BCUT2D eigenvalue weighted by molar-refractivity contribution is 8.14. The van der Waals surface area contributed by atoms with Gasteiger partial charge in [0.25, 0.3) is 0 Å². The van der Waals surface area contributed by atoms with Crippen LogP contribution in [0, 0.1) is 6.92 Å². The van der Waals surface area contributed by atoms with Crippen LogP contribution in [0.5, 0.6) is 0 Å². The van der Waals surface area contributed by atoms with Crippen LogP contribution in [0.25, 0.3) is 0 Å². The largest absolute Gasteiger partial charge is 0.463 e. The number of allylic oxidation sites excluding steroid dienone is 1. The zero-order valence-corrected chi connectivity index (χ0v) is 18.1. The lowest BCUT2D eigenvalue weighted by molar-refractivity contribution is -0.139. The topological polar surface area (TPSA) is 79.8 Å². The van der Waals surface area contributed by atoms with E-state index in [1.54, 1.807) is 6.92 Å². The van der Waals surface area contributed by atoms with E-state index >= 15 is 0 Å². The molecule has 2 aromatic carbocycles. The summed E-state index contributed by atoms with van der Waals surface area (Å²) in [5, 5.41) is 6.66. The summed E-state index contributed by atoms with van der Waals surface area (Å²) >= 11 is 1.30. The van der Waals surface area contributed by atoms with Crippen LogP contribution in [-0.4, -0.2) is 29.4 Å². The standard InChI is InChI=1S/C23H25N3O3S/c1-4-29-22(28)20-16(3)24-23(26-21(20)17-11-6-5-7-12-17)30-14-19(27)25-18-13-9-8-10-15(18)2/h5-13,21H,4,14H2,1-3H3,(H,24,26)(H,25,27)/t21-/m0/s1. The van der Waals surface area contributed by atoms with Crippen molar-refractivity contribution in [2.24, 2.45) is 4.99 Å². The van der Waals surface area contributed by atoms with E-state index in [1.807, 2.05) is 68.4 Å². The number of amides is 1. The maximum atomic E-state index is 12.5. The second-order valence-electron chi connectivity index (χ2n) is 6.78. The van der Waals surface area contributed by atoms with Crippen molar-refractivity contribution in [3.63, 3.8) is 0 Å². The molecule has 1 aliphatic heterocycles. The molecule has 156 valence electrons. The first-order chi connectivity index (χ1) is 14.5. The van der Waals surface area contributed by atoms with Crippen LogP contribution in [0.3, 0.4) is 0 Å². The third-order valence-corrected chi connectivity index (χ3v) is 5.48. The number of carbonyl (C=O) groups excluding carboxylic acids is 2. The fourth-order valence-electron chi connectivity index (χ4n) is 3.10. The van der Waals surface area contributed by atoms with Gasteiger partial charge < -0.3 is 15.4 Å². The summed E-state index contributed by atoms with van der Waals surface area (Å²) in [5.74, 6) is -0.307. The number of anilines is 1. The number of amidine groups is 1. The predicted octanol–water partition coefficient (Wildman–Crippen LogP) is 4.20. The first kappa shape index (κ1) is 21.6. The molecule has 0 saturated heterocycles. The number of nitrogens with one attached hydrogen (secondary N) is 2. The maximum Gasteiger partial charge on any atom is 0.338 e. The Hall–Kier alpha value is -3.06. The summed E-state index contributed by atoms with van der Waals surface area (Å²) in [6.45, 7) is 5.84. The minimum absolute atomic E-state index is 0.118. The van der Waals surface area contributed by atoms with Gasteiger partial charge in [0, 0.05) is 11.4 Å². The molecule has 1 amide bonds. The van der Waals surface area contributed by atoms with Gasteiger partial charge in [-0.3, -0.25) is 4.79 Å². The molecule has 0 spiro atoms. The van der Waals surface area contributed by atoms with Crippen LogP contribution in [-0.2, 0) is 14.3 Å². The van der Waals surface area contributed by atoms with Gasteiger partial charge in [-0.25, -0.2) is 9.79 Å². The molecule has 30 heavy (non-hydrogen) atoms. The number of nitrogens with zero attached hydrogens (tertiary/aromatic N) is 1. The van der Waals surface area contributed by atoms with Gasteiger partial charge in [0.2, 0.25) is 5.91 Å². The van der Waals surface area contributed by atoms with Crippen molar-refractivity contribution >= 4 is 34.5 Å². The zero-order valence-electron chi connectivity index (χ0n) is 17.3. The number of aryl methyl sites for hydroxylation is 1. The lowest BCUT2D eigenvalue weighted by Gasteiger charge is -2.25. The second-order valence-corrected chi connectivity index (χ2v) is 7.75. The van der Waals surface area contributed by atoms with Crippen molar-refractivity contribution in [1.29, 1.82) is 0 Å². The molecule has 0 aromatic heterocycles. The minimum Gasteiger partial charge on any atom is -0.463 e. The average Bonchev–Trinajstić information content (AvgIpc) is 2.74. The molecule has 0 fully saturated rings. The highest BCUT2D eigenvalue weighted by Crippen LogP contribution is 2.32. The number of para-hydroxylation sites is 1. The Kier molecular flexibility index (Phi) is 7.30. The van der Waals surface area contributed by atoms with Crippen molar-refractivity contribution in [3.8, 4) is 0 Å². The van der Waals surface area contributed by atoms with Crippen molar-refractivity contribution < 1.29 is 14.3 Å². The number of aliphatic imine (C=N–C) groups is 1. The third-order valence-electron chi connectivity index (χ3n) is 4.59. The van der Waals surface area contributed by atoms with E-state index in [9.17, 15) is 9.59 Å². The number of benzene rings is 2. The van der Waals surface area contributed by atoms with E-state index in [0.29, 0.717) is 23.0 Å². The molecule has 0 aliphatic carbocycles. The Balaban J connectivity index is 1.75. The Morgan fingerprint density at radius 3 is 2.50 bits per heavy atom. The monoisotopic (exact) mass is 423 g/mol. The van der Waals surface area contributed by atoms with Crippen LogP contribution in [0.1, 0.15) is 31.0 Å². The van der Waals surface area contributed by atoms with Crippen LogP contribution in [0.4, 0.5) is 5.69 Å². The number of esters is 1. The molecule has 3 rings (SSSR count). The molecule has 0 unspecified atom stereocenters. The number of rotatable bonds is 6. The number of hydrogen-bond acceptors (Lipinski definition) is 6. The van der Waals surface area contributed by atoms with E-state index in [4.69, 9.17) is 9.73 Å². The van der Waals surface area contributed by atoms with Crippen LogP contribution < -0.4 is 10.6 Å². The number of thioether (sulfide) groups is 1. The average molecular weight is 424 g/mol. The molecule has 2 aromatic rings. The zero-order chi connectivity index (χ0) is 21.5. The Labute approximate surface area is 180 Å². The normalized spacial score (nSPS) is 15.8.